The highest BCUT2D eigenvalue weighted by atomic mass is 79.9. The van der Waals surface area contributed by atoms with Crippen molar-refractivity contribution in [1.82, 2.24) is 0 Å². The number of rotatable bonds is 3. The summed E-state index contributed by atoms with van der Waals surface area (Å²) in [7, 11) is 0. The third kappa shape index (κ3) is 3.00. The standard InChI is InChI=1S/C12H11BrClNS/c1-8-2-3-10(5-11(8)14)15-6-9-4-12(13)16-7-9/h2-5,7,15H,6H2,1H3. The minimum absolute atomic E-state index is 0.802. The summed E-state index contributed by atoms with van der Waals surface area (Å²) in [5.74, 6) is 0. The summed E-state index contributed by atoms with van der Waals surface area (Å²) >= 11 is 11.2. The molecule has 2 rings (SSSR count). The molecule has 1 nitrogen and oxygen atoms in total. The lowest BCUT2D eigenvalue weighted by Crippen LogP contribution is -1.97. The number of benzene rings is 1. The molecule has 16 heavy (non-hydrogen) atoms. The van der Waals surface area contributed by atoms with Crippen LogP contribution in [0.5, 0.6) is 0 Å². The van der Waals surface area contributed by atoms with Crippen LogP contribution in [-0.4, -0.2) is 0 Å². The fourth-order valence-corrected chi connectivity index (χ4v) is 2.74. The van der Waals surface area contributed by atoms with Crippen LogP contribution in [0.2, 0.25) is 5.02 Å². The monoisotopic (exact) mass is 315 g/mol. The summed E-state index contributed by atoms with van der Waals surface area (Å²) in [4.78, 5) is 0. The van der Waals surface area contributed by atoms with Gasteiger partial charge in [-0.25, -0.2) is 0 Å². The van der Waals surface area contributed by atoms with Crippen LogP contribution >= 0.6 is 38.9 Å². The number of anilines is 1. The van der Waals surface area contributed by atoms with Crippen molar-refractivity contribution in [2.24, 2.45) is 0 Å². The average molecular weight is 317 g/mol. The van der Waals surface area contributed by atoms with Crippen LogP contribution in [0.3, 0.4) is 0 Å². The van der Waals surface area contributed by atoms with E-state index >= 15 is 0 Å². The van der Waals surface area contributed by atoms with Gasteiger partial charge in [0, 0.05) is 17.3 Å². The Kier molecular flexibility index (Phi) is 3.90. The Hall–Kier alpha value is -0.510. The Morgan fingerprint density at radius 3 is 2.81 bits per heavy atom. The Labute approximate surface area is 113 Å². The third-order valence-corrected chi connectivity index (χ3v) is 4.25. The molecule has 0 radical (unpaired) electrons. The van der Waals surface area contributed by atoms with E-state index in [4.69, 9.17) is 11.6 Å². The SMILES string of the molecule is Cc1ccc(NCc2csc(Br)c2)cc1Cl. The molecule has 0 aliphatic carbocycles. The molecule has 1 aromatic carbocycles. The first-order valence-electron chi connectivity index (χ1n) is 4.88. The Morgan fingerprint density at radius 2 is 2.19 bits per heavy atom. The number of thiophene rings is 1. The molecule has 2 aromatic rings. The summed E-state index contributed by atoms with van der Waals surface area (Å²) in [6.07, 6.45) is 0. The van der Waals surface area contributed by atoms with Crippen molar-refractivity contribution in [2.45, 2.75) is 13.5 Å². The molecule has 0 unspecified atom stereocenters. The predicted molar refractivity (Wildman–Crippen MR) is 75.5 cm³/mol. The molecule has 1 heterocycles. The van der Waals surface area contributed by atoms with Crippen molar-refractivity contribution in [3.8, 4) is 0 Å². The van der Waals surface area contributed by atoms with Gasteiger partial charge >= 0.3 is 0 Å². The Balaban J connectivity index is 2.02. The number of nitrogens with one attached hydrogen (secondary N) is 1. The first kappa shape index (κ1) is 12.0. The molecule has 0 saturated carbocycles. The first-order chi connectivity index (χ1) is 7.65. The van der Waals surface area contributed by atoms with Gasteiger partial charge in [0.25, 0.3) is 0 Å². The van der Waals surface area contributed by atoms with Crippen molar-refractivity contribution < 1.29 is 0 Å². The van der Waals surface area contributed by atoms with Crippen molar-refractivity contribution in [3.05, 3.63) is 49.6 Å². The summed E-state index contributed by atoms with van der Waals surface area (Å²) in [6, 6.07) is 8.14. The van der Waals surface area contributed by atoms with E-state index in [1.807, 2.05) is 25.1 Å². The van der Waals surface area contributed by atoms with Crippen molar-refractivity contribution in [1.29, 1.82) is 0 Å². The van der Waals surface area contributed by atoms with Crippen LogP contribution < -0.4 is 5.32 Å². The fraction of sp³-hybridized carbons (Fsp3) is 0.167. The van der Waals surface area contributed by atoms with Crippen molar-refractivity contribution in [3.63, 3.8) is 0 Å². The smallest absolute Gasteiger partial charge is 0.0701 e. The zero-order chi connectivity index (χ0) is 11.5. The minimum atomic E-state index is 0.802. The van der Waals surface area contributed by atoms with Gasteiger partial charge in [-0.05, 0) is 57.6 Å². The molecule has 0 spiro atoms. The topological polar surface area (TPSA) is 12.0 Å². The molecular formula is C12H11BrClNS. The molecule has 1 N–H and O–H groups in total. The van der Waals surface area contributed by atoms with Gasteiger partial charge in [-0.2, -0.15) is 0 Å². The quantitative estimate of drug-likeness (QED) is 0.832. The largest absolute Gasteiger partial charge is 0.381 e. The van der Waals surface area contributed by atoms with Crippen LogP contribution in [0.15, 0.2) is 33.4 Å². The van der Waals surface area contributed by atoms with E-state index in [2.05, 4.69) is 32.7 Å². The first-order valence-corrected chi connectivity index (χ1v) is 6.93. The molecule has 0 aliphatic rings. The third-order valence-electron chi connectivity index (χ3n) is 2.29. The minimum Gasteiger partial charge on any atom is -0.381 e. The maximum absolute atomic E-state index is 6.05. The van der Waals surface area contributed by atoms with E-state index in [1.165, 1.54) is 5.56 Å². The Morgan fingerprint density at radius 1 is 1.38 bits per heavy atom. The molecule has 4 heteroatoms. The average Bonchev–Trinajstić information content (AvgIpc) is 2.66. The predicted octanol–water partition coefficient (Wildman–Crippen LogP) is 5.08. The van der Waals surface area contributed by atoms with Gasteiger partial charge in [0.1, 0.15) is 0 Å². The zero-order valence-corrected chi connectivity index (χ0v) is 11.9. The number of hydrogen-bond acceptors (Lipinski definition) is 2. The zero-order valence-electron chi connectivity index (χ0n) is 8.76. The number of hydrogen-bond donors (Lipinski definition) is 1. The molecule has 0 fully saturated rings. The second-order valence-electron chi connectivity index (χ2n) is 3.58. The summed E-state index contributed by atoms with van der Waals surface area (Å²) < 4.78 is 1.16. The molecule has 1 aromatic heterocycles. The summed E-state index contributed by atoms with van der Waals surface area (Å²) in [5.41, 5.74) is 3.43. The summed E-state index contributed by atoms with van der Waals surface area (Å²) in [5, 5.41) is 6.28. The number of aryl methyl sites for hydroxylation is 1. The van der Waals surface area contributed by atoms with E-state index in [1.54, 1.807) is 11.3 Å². The van der Waals surface area contributed by atoms with Gasteiger partial charge in [-0.3, -0.25) is 0 Å². The highest BCUT2D eigenvalue weighted by molar-refractivity contribution is 9.11. The molecule has 84 valence electrons. The van der Waals surface area contributed by atoms with E-state index in [0.29, 0.717) is 0 Å². The highest BCUT2D eigenvalue weighted by Gasteiger charge is 1.99. The molecule has 0 atom stereocenters. The molecule has 0 aliphatic heterocycles. The van der Waals surface area contributed by atoms with Gasteiger partial charge in [-0.1, -0.05) is 17.7 Å². The van der Waals surface area contributed by atoms with E-state index in [9.17, 15) is 0 Å². The molecule has 0 saturated heterocycles. The van der Waals surface area contributed by atoms with Crippen molar-refractivity contribution in [2.75, 3.05) is 5.32 Å². The summed E-state index contributed by atoms with van der Waals surface area (Å²) in [6.45, 7) is 2.82. The second kappa shape index (κ2) is 5.21. The van der Waals surface area contributed by atoms with E-state index < -0.39 is 0 Å². The van der Waals surface area contributed by atoms with Gasteiger partial charge in [0.15, 0.2) is 0 Å². The van der Waals surface area contributed by atoms with Gasteiger partial charge in [0.2, 0.25) is 0 Å². The van der Waals surface area contributed by atoms with Crippen molar-refractivity contribution >= 4 is 44.6 Å². The maximum Gasteiger partial charge on any atom is 0.0701 e. The lowest BCUT2D eigenvalue weighted by molar-refractivity contribution is 1.16. The lowest BCUT2D eigenvalue weighted by Gasteiger charge is -2.06. The van der Waals surface area contributed by atoms with Gasteiger partial charge in [0.05, 0.1) is 3.79 Å². The van der Waals surface area contributed by atoms with Crippen LogP contribution in [0.25, 0.3) is 0 Å². The normalized spacial score (nSPS) is 10.4. The Bertz CT molecular complexity index is 496. The second-order valence-corrected chi connectivity index (χ2v) is 6.27. The molecule has 0 bridgehead atoms. The highest BCUT2D eigenvalue weighted by Crippen LogP contribution is 2.23. The number of halogens is 2. The molecular weight excluding hydrogens is 306 g/mol. The van der Waals surface area contributed by atoms with Crippen LogP contribution in [0.4, 0.5) is 5.69 Å². The van der Waals surface area contributed by atoms with Crippen LogP contribution in [0.1, 0.15) is 11.1 Å². The van der Waals surface area contributed by atoms with Gasteiger partial charge < -0.3 is 5.32 Å². The van der Waals surface area contributed by atoms with Crippen LogP contribution in [0, 0.1) is 6.92 Å². The van der Waals surface area contributed by atoms with Gasteiger partial charge in [-0.15, -0.1) is 11.3 Å². The maximum atomic E-state index is 6.05. The lowest BCUT2D eigenvalue weighted by atomic mass is 10.2. The van der Waals surface area contributed by atoms with E-state index in [-0.39, 0.29) is 0 Å². The van der Waals surface area contributed by atoms with E-state index in [0.717, 1.165) is 26.6 Å². The van der Waals surface area contributed by atoms with Crippen LogP contribution in [-0.2, 0) is 6.54 Å². The fourth-order valence-electron chi connectivity index (χ4n) is 1.35. The molecule has 0 amide bonds.